The Morgan fingerprint density at radius 2 is 1.78 bits per heavy atom. The normalized spacial score (nSPS) is 15.9. The minimum atomic E-state index is -0.904. The number of amides is 4. The van der Waals surface area contributed by atoms with Crippen LogP contribution in [0.4, 0.5) is 16.2 Å². The third-order valence-electron chi connectivity index (χ3n) is 4.93. The predicted octanol–water partition coefficient (Wildman–Crippen LogP) is 3.69. The quantitative estimate of drug-likeness (QED) is 0.502. The number of nitrogens with zero attached hydrogens (tertiary/aromatic N) is 2. The number of para-hydroxylation sites is 1. The van der Waals surface area contributed by atoms with E-state index >= 15 is 0 Å². The fourth-order valence-electron chi connectivity index (χ4n) is 3.58. The van der Waals surface area contributed by atoms with E-state index in [4.69, 9.17) is 4.74 Å². The van der Waals surface area contributed by atoms with Crippen molar-refractivity contribution in [3.63, 3.8) is 0 Å². The Bertz CT molecular complexity index is 1010. The summed E-state index contributed by atoms with van der Waals surface area (Å²) in [6.07, 6.45) is -0.190. The van der Waals surface area contributed by atoms with Crippen LogP contribution in [0.2, 0.25) is 0 Å². The van der Waals surface area contributed by atoms with E-state index in [9.17, 15) is 19.2 Å². The molecule has 0 aromatic heterocycles. The molecule has 0 aliphatic carbocycles. The van der Waals surface area contributed by atoms with Gasteiger partial charge in [0, 0.05) is 12.2 Å². The van der Waals surface area contributed by atoms with Crippen molar-refractivity contribution in [2.75, 3.05) is 23.4 Å². The molecule has 0 bridgehead atoms. The number of urea groups is 1. The summed E-state index contributed by atoms with van der Waals surface area (Å²) in [5, 5.41) is 2.71. The summed E-state index contributed by atoms with van der Waals surface area (Å²) in [5.74, 6) is -1.23. The first-order valence-electron chi connectivity index (χ1n) is 10.6. The summed E-state index contributed by atoms with van der Waals surface area (Å²) in [7, 11) is 0. The summed E-state index contributed by atoms with van der Waals surface area (Å²) < 4.78 is 4.98. The number of anilines is 2. The molecule has 1 aliphatic heterocycles. The molecule has 4 amide bonds. The van der Waals surface area contributed by atoms with Crippen LogP contribution in [0.25, 0.3) is 0 Å². The maximum Gasteiger partial charge on any atom is 0.338 e. The molecule has 0 unspecified atom stereocenters. The molecule has 3 rings (SSSR count). The van der Waals surface area contributed by atoms with Crippen molar-refractivity contribution in [3.8, 4) is 0 Å². The molecule has 8 heteroatoms. The molecule has 8 nitrogen and oxygen atoms in total. The molecular formula is C24H27N3O5. The van der Waals surface area contributed by atoms with Gasteiger partial charge in [-0.1, -0.05) is 38.1 Å². The van der Waals surface area contributed by atoms with Crippen LogP contribution in [0.5, 0.6) is 0 Å². The topological polar surface area (TPSA) is 96.0 Å². The van der Waals surface area contributed by atoms with Gasteiger partial charge in [0.15, 0.2) is 0 Å². The Morgan fingerprint density at radius 3 is 2.44 bits per heavy atom. The number of nitrogens with one attached hydrogen (secondary N) is 1. The highest BCUT2D eigenvalue weighted by atomic mass is 16.5. The molecule has 0 saturated carbocycles. The molecule has 0 radical (unpaired) electrons. The average Bonchev–Trinajstić information content (AvgIpc) is 2.98. The standard InChI is InChI=1S/C24H27N3O5/c1-4-32-23(30)17-9-8-10-18(13-17)25-21(28)14-20-22(29)27(19-11-6-5-7-12-19)24(31)26(20)15-16(2)3/h5-13,16,20H,4,14-15H2,1-3H3,(H,25,28)/t20-/m0/s1. The van der Waals surface area contributed by atoms with Crippen molar-refractivity contribution in [2.24, 2.45) is 5.92 Å². The second-order valence-corrected chi connectivity index (χ2v) is 7.91. The van der Waals surface area contributed by atoms with Gasteiger partial charge in [-0.25, -0.2) is 14.5 Å². The fourth-order valence-corrected chi connectivity index (χ4v) is 3.58. The molecule has 2 aromatic carbocycles. The Balaban J connectivity index is 1.77. The van der Waals surface area contributed by atoms with Gasteiger partial charge in [-0.15, -0.1) is 0 Å². The van der Waals surface area contributed by atoms with Crippen molar-refractivity contribution < 1.29 is 23.9 Å². The van der Waals surface area contributed by atoms with E-state index in [-0.39, 0.29) is 18.9 Å². The third-order valence-corrected chi connectivity index (χ3v) is 4.93. The monoisotopic (exact) mass is 437 g/mol. The van der Waals surface area contributed by atoms with Crippen LogP contribution < -0.4 is 10.2 Å². The molecule has 1 atom stereocenters. The summed E-state index contributed by atoms with van der Waals surface area (Å²) in [6.45, 7) is 6.20. The van der Waals surface area contributed by atoms with E-state index in [1.54, 1.807) is 55.5 Å². The zero-order chi connectivity index (χ0) is 23.3. The number of esters is 1. The lowest BCUT2D eigenvalue weighted by molar-refractivity contribution is -0.124. The SMILES string of the molecule is CCOC(=O)c1cccc(NC(=O)C[C@H]2C(=O)N(c3ccccc3)C(=O)N2CC(C)C)c1. The molecule has 0 spiro atoms. The first kappa shape index (κ1) is 23.0. The molecule has 32 heavy (non-hydrogen) atoms. The Morgan fingerprint density at radius 1 is 1.06 bits per heavy atom. The van der Waals surface area contributed by atoms with Crippen molar-refractivity contribution in [2.45, 2.75) is 33.2 Å². The van der Waals surface area contributed by atoms with Gasteiger partial charge >= 0.3 is 12.0 Å². The van der Waals surface area contributed by atoms with E-state index in [1.807, 2.05) is 13.8 Å². The summed E-state index contributed by atoms with van der Waals surface area (Å²) in [4.78, 5) is 53.4. The van der Waals surface area contributed by atoms with Gasteiger partial charge in [0.05, 0.1) is 24.3 Å². The molecule has 1 saturated heterocycles. The summed E-state index contributed by atoms with van der Waals surface area (Å²) in [5.41, 5.74) is 1.20. The van der Waals surface area contributed by atoms with Crippen molar-refractivity contribution in [1.82, 2.24) is 4.90 Å². The zero-order valence-electron chi connectivity index (χ0n) is 18.4. The first-order chi connectivity index (χ1) is 15.3. The van der Waals surface area contributed by atoms with E-state index in [0.717, 1.165) is 4.90 Å². The van der Waals surface area contributed by atoms with Crippen LogP contribution in [-0.2, 0) is 14.3 Å². The lowest BCUT2D eigenvalue weighted by Gasteiger charge is -2.23. The minimum Gasteiger partial charge on any atom is -0.462 e. The average molecular weight is 437 g/mol. The van der Waals surface area contributed by atoms with Gasteiger partial charge < -0.3 is 15.0 Å². The molecule has 2 aromatic rings. The van der Waals surface area contributed by atoms with Gasteiger partial charge in [-0.05, 0) is 43.2 Å². The highest BCUT2D eigenvalue weighted by molar-refractivity contribution is 6.22. The second kappa shape index (κ2) is 10.1. The highest BCUT2D eigenvalue weighted by Gasteiger charge is 2.46. The maximum absolute atomic E-state index is 13.1. The fraction of sp³-hybridized carbons (Fsp3) is 0.333. The van der Waals surface area contributed by atoms with Crippen molar-refractivity contribution in [1.29, 1.82) is 0 Å². The van der Waals surface area contributed by atoms with E-state index in [2.05, 4.69) is 5.32 Å². The number of ether oxygens (including phenoxy) is 1. The Kier molecular flexibility index (Phi) is 7.25. The van der Waals surface area contributed by atoms with Crippen LogP contribution in [0, 0.1) is 5.92 Å². The number of benzene rings is 2. The summed E-state index contributed by atoms with van der Waals surface area (Å²) >= 11 is 0. The molecule has 1 heterocycles. The number of rotatable bonds is 8. The predicted molar refractivity (Wildman–Crippen MR) is 120 cm³/mol. The number of carbonyl (C=O) groups is 4. The zero-order valence-corrected chi connectivity index (χ0v) is 18.4. The minimum absolute atomic E-state index is 0.120. The van der Waals surface area contributed by atoms with Gasteiger partial charge in [-0.2, -0.15) is 0 Å². The van der Waals surface area contributed by atoms with Crippen LogP contribution in [-0.4, -0.2) is 47.9 Å². The largest absolute Gasteiger partial charge is 0.462 e. The number of carbonyl (C=O) groups excluding carboxylic acids is 4. The second-order valence-electron chi connectivity index (χ2n) is 7.91. The number of imide groups is 1. The summed E-state index contributed by atoms with van der Waals surface area (Å²) in [6, 6.07) is 13.7. The molecule has 1 N–H and O–H groups in total. The van der Waals surface area contributed by atoms with Crippen LogP contribution in [0.15, 0.2) is 54.6 Å². The number of hydrogen-bond donors (Lipinski definition) is 1. The van der Waals surface area contributed by atoms with Gasteiger partial charge in [0.2, 0.25) is 5.91 Å². The molecule has 168 valence electrons. The maximum atomic E-state index is 13.1. The van der Waals surface area contributed by atoms with Crippen LogP contribution >= 0.6 is 0 Å². The number of hydrogen-bond acceptors (Lipinski definition) is 5. The Hall–Kier alpha value is -3.68. The van der Waals surface area contributed by atoms with E-state index in [0.29, 0.717) is 23.5 Å². The van der Waals surface area contributed by atoms with E-state index in [1.165, 1.54) is 11.0 Å². The third kappa shape index (κ3) is 5.14. The molecule has 1 fully saturated rings. The van der Waals surface area contributed by atoms with E-state index < -0.39 is 29.9 Å². The van der Waals surface area contributed by atoms with Gasteiger partial charge in [-0.3, -0.25) is 9.59 Å². The van der Waals surface area contributed by atoms with Crippen LogP contribution in [0.3, 0.4) is 0 Å². The Labute approximate surface area is 187 Å². The van der Waals surface area contributed by atoms with Crippen LogP contribution in [0.1, 0.15) is 37.6 Å². The molecular weight excluding hydrogens is 410 g/mol. The van der Waals surface area contributed by atoms with Gasteiger partial charge in [0.25, 0.3) is 5.91 Å². The lowest BCUT2D eigenvalue weighted by Crippen LogP contribution is -2.40. The smallest absolute Gasteiger partial charge is 0.338 e. The molecule has 1 aliphatic rings. The highest BCUT2D eigenvalue weighted by Crippen LogP contribution is 2.27. The lowest BCUT2D eigenvalue weighted by atomic mass is 10.1. The van der Waals surface area contributed by atoms with Crippen molar-refractivity contribution in [3.05, 3.63) is 60.2 Å². The van der Waals surface area contributed by atoms with Gasteiger partial charge in [0.1, 0.15) is 6.04 Å². The van der Waals surface area contributed by atoms with Crippen molar-refractivity contribution >= 4 is 35.2 Å². The first-order valence-corrected chi connectivity index (χ1v) is 10.6.